The summed E-state index contributed by atoms with van der Waals surface area (Å²) < 4.78 is 0. The summed E-state index contributed by atoms with van der Waals surface area (Å²) in [6.07, 6.45) is 9.96. The Balaban J connectivity index is 1.65. The first-order valence-electron chi connectivity index (χ1n) is 7.71. The molecule has 2 N–H and O–H groups in total. The largest absolute Gasteiger partial charge is 0.376 e. The molecule has 3 aliphatic rings. The topological polar surface area (TPSA) is 41.1 Å². The Kier molecular flexibility index (Phi) is 4.65. The number of carbonyl (C=O) groups excluding carboxylic acids is 1. The van der Waals surface area contributed by atoms with Crippen LogP contribution >= 0.6 is 23.2 Å². The van der Waals surface area contributed by atoms with E-state index in [0.717, 1.165) is 17.9 Å². The van der Waals surface area contributed by atoms with Crippen LogP contribution in [0.25, 0.3) is 0 Å². The number of amides is 1. The van der Waals surface area contributed by atoms with Crippen molar-refractivity contribution in [3.8, 4) is 0 Å². The fraction of sp³-hybridized carbons (Fsp3) is 0.471. The normalized spacial score (nSPS) is 32.5. The maximum absolute atomic E-state index is 12.4. The Bertz CT molecular complexity index is 591. The monoisotopic (exact) mass is 338 g/mol. The van der Waals surface area contributed by atoms with Crippen molar-refractivity contribution in [1.29, 1.82) is 0 Å². The number of fused-ring (bicyclic) bond motifs is 2. The number of halogens is 2. The zero-order chi connectivity index (χ0) is 15.7. The van der Waals surface area contributed by atoms with Crippen LogP contribution in [0.3, 0.4) is 0 Å². The summed E-state index contributed by atoms with van der Waals surface area (Å²) in [5.74, 6) is 1.46. The van der Waals surface area contributed by atoms with Gasteiger partial charge >= 0.3 is 0 Å². The first-order valence-corrected chi connectivity index (χ1v) is 8.47. The zero-order valence-corrected chi connectivity index (χ0v) is 13.9. The highest BCUT2D eigenvalue weighted by molar-refractivity contribution is 6.35. The predicted molar refractivity (Wildman–Crippen MR) is 90.5 cm³/mol. The molecule has 0 saturated heterocycles. The number of hydrogen-bond donors (Lipinski definition) is 2. The van der Waals surface area contributed by atoms with Crippen molar-refractivity contribution in [3.05, 3.63) is 46.1 Å². The van der Waals surface area contributed by atoms with Crippen LogP contribution in [0.15, 0.2) is 46.1 Å². The summed E-state index contributed by atoms with van der Waals surface area (Å²) in [5, 5.41) is 7.28. The number of rotatable bonds is 4. The molecule has 3 rings (SSSR count). The van der Waals surface area contributed by atoms with Crippen LogP contribution in [0.1, 0.15) is 25.7 Å². The Hall–Kier alpha value is -1.19. The standard InChI is InChI=1S/C17H20Cl2N2O/c1-2-13(18)8-14(19)12-7-16(20-9-12)17(22)21-15-6-10-3-4-11(15)5-10/h2,7-8,10-11,15,20H,1,3-6,9H2,(H,21,22)/b13-8+,14-12+. The Morgan fingerprint density at radius 2 is 2.18 bits per heavy atom. The molecule has 5 heteroatoms. The van der Waals surface area contributed by atoms with Gasteiger partial charge in [-0.2, -0.15) is 0 Å². The quantitative estimate of drug-likeness (QED) is 0.769. The van der Waals surface area contributed by atoms with Gasteiger partial charge in [-0.05, 0) is 48.8 Å². The smallest absolute Gasteiger partial charge is 0.267 e. The lowest BCUT2D eigenvalue weighted by Gasteiger charge is -2.23. The minimum atomic E-state index is -0.0317. The molecule has 3 nitrogen and oxygen atoms in total. The third-order valence-corrected chi connectivity index (χ3v) is 5.47. The van der Waals surface area contributed by atoms with E-state index in [4.69, 9.17) is 23.2 Å². The first-order chi connectivity index (χ1) is 10.6. The summed E-state index contributed by atoms with van der Waals surface area (Å²) in [6, 6.07) is 0.340. The molecule has 0 radical (unpaired) electrons. The predicted octanol–water partition coefficient (Wildman–Crippen LogP) is 3.58. The SMILES string of the molecule is C=C/C(Cl)=C\C(Cl)=C1\C=C(C(=O)NC2CC3CCC2C3)NC1. The van der Waals surface area contributed by atoms with Crippen LogP contribution in [0.5, 0.6) is 0 Å². The van der Waals surface area contributed by atoms with Crippen LogP contribution in [-0.2, 0) is 4.79 Å². The second kappa shape index (κ2) is 6.51. The molecule has 3 atom stereocenters. The fourth-order valence-corrected chi connectivity index (χ4v) is 4.11. The van der Waals surface area contributed by atoms with Gasteiger partial charge in [-0.1, -0.05) is 42.3 Å². The molecule has 2 bridgehead atoms. The molecule has 3 unspecified atom stereocenters. The number of nitrogens with one attached hydrogen (secondary N) is 2. The number of hydrogen-bond acceptors (Lipinski definition) is 2. The van der Waals surface area contributed by atoms with E-state index in [0.29, 0.717) is 34.3 Å². The van der Waals surface area contributed by atoms with Gasteiger partial charge in [0, 0.05) is 22.7 Å². The van der Waals surface area contributed by atoms with Crippen LogP contribution < -0.4 is 10.6 Å². The molecule has 2 saturated carbocycles. The summed E-state index contributed by atoms with van der Waals surface area (Å²) in [7, 11) is 0. The summed E-state index contributed by atoms with van der Waals surface area (Å²) in [5.41, 5.74) is 1.44. The van der Waals surface area contributed by atoms with Crippen molar-refractivity contribution in [2.24, 2.45) is 11.8 Å². The molecule has 22 heavy (non-hydrogen) atoms. The maximum atomic E-state index is 12.4. The molecule has 1 heterocycles. The lowest BCUT2D eigenvalue weighted by atomic mass is 9.95. The Morgan fingerprint density at radius 3 is 2.82 bits per heavy atom. The van der Waals surface area contributed by atoms with Gasteiger partial charge in [-0.3, -0.25) is 4.79 Å². The Morgan fingerprint density at radius 1 is 1.36 bits per heavy atom. The van der Waals surface area contributed by atoms with E-state index in [9.17, 15) is 4.79 Å². The molecule has 0 aromatic heterocycles. The van der Waals surface area contributed by atoms with Crippen molar-refractivity contribution >= 4 is 29.1 Å². The van der Waals surface area contributed by atoms with E-state index >= 15 is 0 Å². The van der Waals surface area contributed by atoms with E-state index < -0.39 is 0 Å². The average Bonchev–Trinajstić information content (AvgIpc) is 3.22. The van der Waals surface area contributed by atoms with E-state index in [2.05, 4.69) is 17.2 Å². The van der Waals surface area contributed by atoms with Crippen LogP contribution in [0.4, 0.5) is 0 Å². The van der Waals surface area contributed by atoms with Gasteiger partial charge in [0.05, 0.1) is 0 Å². The molecule has 0 aromatic carbocycles. The van der Waals surface area contributed by atoms with E-state index in [1.54, 1.807) is 12.2 Å². The summed E-state index contributed by atoms with van der Waals surface area (Å²) in [4.78, 5) is 12.4. The second-order valence-corrected chi connectivity index (χ2v) is 7.12. The van der Waals surface area contributed by atoms with Crippen molar-refractivity contribution in [3.63, 3.8) is 0 Å². The van der Waals surface area contributed by atoms with Crippen molar-refractivity contribution in [2.45, 2.75) is 31.7 Å². The second-order valence-electron chi connectivity index (χ2n) is 6.27. The van der Waals surface area contributed by atoms with Crippen LogP contribution in [0, 0.1) is 11.8 Å². The van der Waals surface area contributed by atoms with Gasteiger partial charge in [0.15, 0.2) is 0 Å². The van der Waals surface area contributed by atoms with Gasteiger partial charge in [0.25, 0.3) is 5.91 Å². The van der Waals surface area contributed by atoms with Gasteiger partial charge in [0.1, 0.15) is 5.70 Å². The van der Waals surface area contributed by atoms with E-state index in [1.807, 2.05) is 0 Å². The molecule has 2 fully saturated rings. The van der Waals surface area contributed by atoms with Crippen LogP contribution in [-0.4, -0.2) is 18.5 Å². The minimum Gasteiger partial charge on any atom is -0.376 e. The average molecular weight is 339 g/mol. The van der Waals surface area contributed by atoms with Crippen molar-refractivity contribution in [1.82, 2.24) is 10.6 Å². The van der Waals surface area contributed by atoms with Crippen LogP contribution in [0.2, 0.25) is 0 Å². The molecule has 118 valence electrons. The van der Waals surface area contributed by atoms with Gasteiger partial charge < -0.3 is 10.6 Å². The van der Waals surface area contributed by atoms with E-state index in [-0.39, 0.29) is 5.91 Å². The zero-order valence-electron chi connectivity index (χ0n) is 12.4. The van der Waals surface area contributed by atoms with Crippen molar-refractivity contribution < 1.29 is 4.79 Å². The van der Waals surface area contributed by atoms with Crippen molar-refractivity contribution in [2.75, 3.05) is 6.54 Å². The minimum absolute atomic E-state index is 0.0317. The molecule has 2 aliphatic carbocycles. The first kappa shape index (κ1) is 15.7. The van der Waals surface area contributed by atoms with E-state index in [1.165, 1.54) is 25.3 Å². The summed E-state index contributed by atoms with van der Waals surface area (Å²) in [6.45, 7) is 4.12. The van der Waals surface area contributed by atoms with Gasteiger partial charge in [-0.25, -0.2) is 0 Å². The number of allylic oxidation sites excluding steroid dienone is 4. The lowest BCUT2D eigenvalue weighted by molar-refractivity contribution is -0.118. The molecule has 0 spiro atoms. The highest BCUT2D eigenvalue weighted by Crippen LogP contribution is 2.44. The highest BCUT2D eigenvalue weighted by atomic mass is 35.5. The molecule has 1 aliphatic heterocycles. The lowest BCUT2D eigenvalue weighted by Crippen LogP contribution is -2.40. The van der Waals surface area contributed by atoms with Gasteiger partial charge in [-0.15, -0.1) is 0 Å². The third-order valence-electron chi connectivity index (χ3n) is 4.85. The third kappa shape index (κ3) is 3.26. The maximum Gasteiger partial charge on any atom is 0.267 e. The summed E-state index contributed by atoms with van der Waals surface area (Å²) >= 11 is 12.1. The molecular formula is C17H20Cl2N2O. The Labute approximate surface area is 141 Å². The van der Waals surface area contributed by atoms with Gasteiger partial charge in [0.2, 0.25) is 0 Å². The molecule has 1 amide bonds. The fourth-order valence-electron chi connectivity index (χ4n) is 3.71. The molecule has 0 aromatic rings. The molecular weight excluding hydrogens is 319 g/mol. The number of carbonyl (C=O) groups is 1. The highest BCUT2D eigenvalue weighted by Gasteiger charge is 2.40.